The van der Waals surface area contributed by atoms with Gasteiger partial charge in [-0.3, -0.25) is 0 Å². The lowest BCUT2D eigenvalue weighted by Crippen LogP contribution is -2.19. The number of allylic oxidation sites excluding steroid dienone is 2. The number of rotatable bonds is 3. The normalized spacial score (nSPS) is 41.5. The monoisotopic (exact) mass is 282 g/mol. The molecule has 0 saturated heterocycles. The van der Waals surface area contributed by atoms with Gasteiger partial charge in [0.25, 0.3) is 0 Å². The fourth-order valence-corrected chi connectivity index (χ4v) is 5.36. The number of nitrogens with one attached hydrogen (secondary N) is 1. The van der Waals surface area contributed by atoms with E-state index in [9.17, 15) is 0 Å². The van der Waals surface area contributed by atoms with E-state index in [-0.39, 0.29) is 0 Å². The molecule has 1 aromatic heterocycles. The highest BCUT2D eigenvalue weighted by molar-refractivity contribution is 5.54. The summed E-state index contributed by atoms with van der Waals surface area (Å²) in [4.78, 5) is 10.7. The SMILES string of the molecule is CN(C)c1cc(NC2=CC34CCCC3(C4)C3CC23)ncn1. The maximum absolute atomic E-state index is 4.40. The summed E-state index contributed by atoms with van der Waals surface area (Å²) in [6, 6.07) is 2.04. The van der Waals surface area contributed by atoms with E-state index in [1.165, 1.54) is 37.8 Å². The summed E-state index contributed by atoms with van der Waals surface area (Å²) in [6.07, 6.45) is 11.4. The molecule has 3 fully saturated rings. The number of hydrogen-bond donors (Lipinski definition) is 1. The first-order valence-corrected chi connectivity index (χ1v) is 8.13. The fraction of sp³-hybridized carbons (Fsp3) is 0.647. The molecule has 4 aliphatic carbocycles. The second-order valence-corrected chi connectivity index (χ2v) is 7.67. The number of hydrogen-bond acceptors (Lipinski definition) is 4. The Morgan fingerprint density at radius 2 is 2.19 bits per heavy atom. The van der Waals surface area contributed by atoms with Crippen LogP contribution in [0.3, 0.4) is 0 Å². The Bertz CT molecular complexity index is 652. The molecule has 0 aliphatic heterocycles. The first kappa shape index (κ1) is 12.0. The zero-order valence-electron chi connectivity index (χ0n) is 12.8. The molecule has 0 aromatic carbocycles. The van der Waals surface area contributed by atoms with E-state index in [1.807, 2.05) is 25.1 Å². The molecule has 0 spiro atoms. The van der Waals surface area contributed by atoms with Gasteiger partial charge in [-0.2, -0.15) is 0 Å². The van der Waals surface area contributed by atoms with E-state index in [0.29, 0.717) is 5.41 Å². The molecule has 21 heavy (non-hydrogen) atoms. The van der Waals surface area contributed by atoms with Gasteiger partial charge in [0.05, 0.1) is 0 Å². The molecule has 1 heterocycles. The third kappa shape index (κ3) is 1.46. The molecule has 5 rings (SSSR count). The van der Waals surface area contributed by atoms with Crippen LogP contribution in [-0.2, 0) is 0 Å². The Morgan fingerprint density at radius 1 is 1.29 bits per heavy atom. The average Bonchev–Trinajstić information content (AvgIpc) is 3.34. The van der Waals surface area contributed by atoms with Crippen LogP contribution in [0.5, 0.6) is 0 Å². The summed E-state index contributed by atoms with van der Waals surface area (Å²) in [5.74, 6) is 3.63. The van der Waals surface area contributed by atoms with Crippen molar-refractivity contribution in [1.82, 2.24) is 9.97 Å². The molecule has 0 amide bonds. The third-order valence-electron chi connectivity index (χ3n) is 6.46. The van der Waals surface area contributed by atoms with Crippen LogP contribution < -0.4 is 10.2 Å². The van der Waals surface area contributed by atoms with E-state index >= 15 is 0 Å². The fourth-order valence-electron chi connectivity index (χ4n) is 5.36. The zero-order chi connectivity index (χ0) is 14.2. The Kier molecular flexibility index (Phi) is 2.06. The van der Waals surface area contributed by atoms with Gasteiger partial charge in [-0.1, -0.05) is 12.5 Å². The van der Waals surface area contributed by atoms with Gasteiger partial charge in [-0.25, -0.2) is 9.97 Å². The van der Waals surface area contributed by atoms with Gasteiger partial charge in [0.2, 0.25) is 0 Å². The minimum atomic E-state index is 0.560. The van der Waals surface area contributed by atoms with Crippen LogP contribution in [0.25, 0.3) is 0 Å². The quantitative estimate of drug-likeness (QED) is 0.925. The number of fused-ring (bicyclic) bond motifs is 1. The number of anilines is 2. The summed E-state index contributed by atoms with van der Waals surface area (Å²) >= 11 is 0. The van der Waals surface area contributed by atoms with Crippen LogP contribution in [-0.4, -0.2) is 24.1 Å². The maximum atomic E-state index is 4.40. The van der Waals surface area contributed by atoms with Crippen LogP contribution >= 0.6 is 0 Å². The van der Waals surface area contributed by atoms with Gasteiger partial charge in [0.1, 0.15) is 18.0 Å². The Morgan fingerprint density at radius 3 is 3.05 bits per heavy atom. The minimum absolute atomic E-state index is 0.560. The molecular weight excluding hydrogens is 260 g/mol. The van der Waals surface area contributed by atoms with Crippen molar-refractivity contribution in [1.29, 1.82) is 0 Å². The van der Waals surface area contributed by atoms with Gasteiger partial charge in [-0.15, -0.1) is 0 Å². The highest BCUT2D eigenvalue weighted by Crippen LogP contribution is 2.85. The summed E-state index contributed by atoms with van der Waals surface area (Å²) < 4.78 is 0. The lowest BCUT2D eigenvalue weighted by molar-refractivity contribution is 0.359. The smallest absolute Gasteiger partial charge is 0.135 e. The average molecular weight is 282 g/mol. The number of aromatic nitrogens is 2. The molecular formula is C17H22N4. The van der Waals surface area contributed by atoms with Crippen LogP contribution in [0.2, 0.25) is 0 Å². The molecule has 1 N–H and O–H groups in total. The van der Waals surface area contributed by atoms with Gasteiger partial charge in [-0.05, 0) is 42.4 Å². The van der Waals surface area contributed by atoms with Crippen LogP contribution in [0.4, 0.5) is 11.6 Å². The summed E-state index contributed by atoms with van der Waals surface area (Å²) in [5.41, 5.74) is 2.73. The van der Waals surface area contributed by atoms with Gasteiger partial charge >= 0.3 is 0 Å². The Hall–Kier alpha value is -1.58. The second-order valence-electron chi connectivity index (χ2n) is 7.67. The van der Waals surface area contributed by atoms with Gasteiger partial charge < -0.3 is 10.2 Å². The largest absolute Gasteiger partial charge is 0.363 e. The molecule has 4 nitrogen and oxygen atoms in total. The van der Waals surface area contributed by atoms with E-state index in [4.69, 9.17) is 0 Å². The molecule has 4 unspecified atom stereocenters. The second kappa shape index (κ2) is 3.60. The summed E-state index contributed by atoms with van der Waals surface area (Å²) in [7, 11) is 4.03. The van der Waals surface area contributed by atoms with E-state index in [1.54, 1.807) is 6.33 Å². The number of nitrogens with zero attached hydrogens (tertiary/aromatic N) is 3. The molecule has 4 heteroatoms. The molecule has 0 radical (unpaired) electrons. The maximum Gasteiger partial charge on any atom is 0.135 e. The van der Waals surface area contributed by atoms with E-state index in [2.05, 4.69) is 21.4 Å². The van der Waals surface area contributed by atoms with Crippen molar-refractivity contribution in [2.24, 2.45) is 22.7 Å². The lowest BCUT2D eigenvalue weighted by Gasteiger charge is -2.24. The third-order valence-corrected chi connectivity index (χ3v) is 6.46. The highest BCUT2D eigenvalue weighted by atomic mass is 15.2. The first-order chi connectivity index (χ1) is 10.1. The molecule has 1 aromatic rings. The van der Waals surface area contributed by atoms with Crippen molar-refractivity contribution in [3.63, 3.8) is 0 Å². The van der Waals surface area contributed by atoms with Crippen molar-refractivity contribution in [2.75, 3.05) is 24.3 Å². The highest BCUT2D eigenvalue weighted by Gasteiger charge is 2.77. The van der Waals surface area contributed by atoms with Crippen LogP contribution in [0.1, 0.15) is 32.1 Å². The Balaban J connectivity index is 1.45. The van der Waals surface area contributed by atoms with Gasteiger partial charge in [0, 0.05) is 31.8 Å². The minimum Gasteiger partial charge on any atom is -0.363 e. The lowest BCUT2D eigenvalue weighted by atomic mass is 9.85. The van der Waals surface area contributed by atoms with Gasteiger partial charge in [0.15, 0.2) is 0 Å². The first-order valence-electron chi connectivity index (χ1n) is 8.13. The molecule has 3 saturated carbocycles. The van der Waals surface area contributed by atoms with E-state index in [0.717, 1.165) is 28.9 Å². The summed E-state index contributed by atoms with van der Waals surface area (Å²) in [6.45, 7) is 0. The molecule has 4 atom stereocenters. The standard InChI is InChI=1S/C17H22N4/c1-21(2)15-7-14(18-10-19-15)20-13-8-16-4-3-5-17(16,9-16)12-6-11(12)13/h7-8,10-12H,3-6,9H2,1-2H3,(H,18,19,20). The Labute approximate surface area is 125 Å². The molecule has 110 valence electrons. The predicted molar refractivity (Wildman–Crippen MR) is 83.0 cm³/mol. The van der Waals surface area contributed by atoms with Crippen molar-refractivity contribution in [2.45, 2.75) is 32.1 Å². The zero-order valence-corrected chi connectivity index (χ0v) is 12.8. The van der Waals surface area contributed by atoms with Crippen molar-refractivity contribution in [3.05, 3.63) is 24.2 Å². The van der Waals surface area contributed by atoms with Crippen molar-refractivity contribution in [3.8, 4) is 0 Å². The molecule has 4 aliphatic rings. The van der Waals surface area contributed by atoms with Crippen molar-refractivity contribution >= 4 is 11.6 Å². The van der Waals surface area contributed by atoms with Crippen LogP contribution in [0, 0.1) is 22.7 Å². The van der Waals surface area contributed by atoms with Crippen LogP contribution in [0.15, 0.2) is 24.2 Å². The molecule has 0 bridgehead atoms. The predicted octanol–water partition coefficient (Wildman–Crippen LogP) is 3.05. The topological polar surface area (TPSA) is 41.0 Å². The van der Waals surface area contributed by atoms with E-state index < -0.39 is 0 Å². The summed E-state index contributed by atoms with van der Waals surface area (Å²) in [5, 5.41) is 3.61. The van der Waals surface area contributed by atoms with Crippen molar-refractivity contribution < 1.29 is 0 Å².